The van der Waals surface area contributed by atoms with E-state index < -0.39 is 5.69 Å². The lowest BCUT2D eigenvalue weighted by Crippen LogP contribution is -2.39. The smallest absolute Gasteiger partial charge is 0.297 e. The molecule has 1 aromatic carbocycles. The normalized spacial score (nSPS) is 11.7. The Hall–Kier alpha value is -1.81. The molecule has 0 saturated heterocycles. The van der Waals surface area contributed by atoms with Crippen molar-refractivity contribution in [3.63, 3.8) is 0 Å². The number of hydrogen-bond donors (Lipinski definition) is 1. The SMILES string of the molecule is Cc1ccccc1-c1c(Cl)[nH]c(=O)n(CC(C)(C)C)c1=O. The molecule has 0 amide bonds. The summed E-state index contributed by atoms with van der Waals surface area (Å²) in [5.74, 6) is 0. The van der Waals surface area contributed by atoms with Gasteiger partial charge in [-0.25, -0.2) is 4.79 Å². The van der Waals surface area contributed by atoms with Crippen molar-refractivity contribution in [2.24, 2.45) is 5.41 Å². The predicted molar refractivity (Wildman–Crippen MR) is 86.0 cm³/mol. The third kappa shape index (κ3) is 3.27. The number of aryl methyl sites for hydroxylation is 1. The third-order valence-corrected chi connectivity index (χ3v) is 3.47. The Labute approximate surface area is 128 Å². The number of halogens is 1. The summed E-state index contributed by atoms with van der Waals surface area (Å²) in [6.45, 7) is 8.16. The molecule has 0 unspecified atom stereocenters. The Bertz CT molecular complexity index is 782. The lowest BCUT2D eigenvalue weighted by atomic mass is 9.96. The van der Waals surface area contributed by atoms with E-state index in [-0.39, 0.29) is 16.1 Å². The molecule has 0 aliphatic rings. The molecule has 2 aromatic rings. The average molecular weight is 307 g/mol. The molecule has 0 atom stereocenters. The summed E-state index contributed by atoms with van der Waals surface area (Å²) in [5.41, 5.74) is 1.01. The van der Waals surface area contributed by atoms with Gasteiger partial charge in [0, 0.05) is 6.54 Å². The average Bonchev–Trinajstić information content (AvgIpc) is 2.35. The first-order valence-corrected chi connectivity index (χ1v) is 7.17. The predicted octanol–water partition coefficient (Wildman–Crippen LogP) is 3.21. The molecule has 2 rings (SSSR count). The number of benzene rings is 1. The van der Waals surface area contributed by atoms with Crippen LogP contribution in [-0.2, 0) is 6.54 Å². The van der Waals surface area contributed by atoms with Crippen molar-refractivity contribution in [1.82, 2.24) is 9.55 Å². The van der Waals surface area contributed by atoms with E-state index >= 15 is 0 Å². The van der Waals surface area contributed by atoms with Crippen LogP contribution in [0.25, 0.3) is 11.1 Å². The Kier molecular flexibility index (Phi) is 4.10. The van der Waals surface area contributed by atoms with Crippen molar-refractivity contribution in [1.29, 1.82) is 0 Å². The van der Waals surface area contributed by atoms with Crippen molar-refractivity contribution in [2.75, 3.05) is 0 Å². The number of aromatic amines is 1. The van der Waals surface area contributed by atoms with Crippen LogP contribution < -0.4 is 11.2 Å². The number of hydrogen-bond acceptors (Lipinski definition) is 2. The lowest BCUT2D eigenvalue weighted by molar-refractivity contribution is 0.331. The molecule has 0 aliphatic heterocycles. The molecule has 0 spiro atoms. The van der Waals surface area contributed by atoms with Gasteiger partial charge in [-0.05, 0) is 23.5 Å². The van der Waals surface area contributed by atoms with Crippen LogP contribution in [0.5, 0.6) is 0 Å². The van der Waals surface area contributed by atoms with Gasteiger partial charge in [0.15, 0.2) is 0 Å². The van der Waals surface area contributed by atoms with Crippen LogP contribution in [0, 0.1) is 12.3 Å². The second-order valence-corrected chi connectivity index (χ2v) is 6.76. The molecule has 1 aromatic heterocycles. The summed E-state index contributed by atoms with van der Waals surface area (Å²) in [6, 6.07) is 7.48. The maximum absolute atomic E-state index is 12.7. The first-order valence-electron chi connectivity index (χ1n) is 6.79. The summed E-state index contributed by atoms with van der Waals surface area (Å²) in [4.78, 5) is 27.3. The van der Waals surface area contributed by atoms with Gasteiger partial charge in [-0.15, -0.1) is 0 Å². The zero-order valence-electron chi connectivity index (χ0n) is 12.7. The van der Waals surface area contributed by atoms with Gasteiger partial charge < -0.3 is 0 Å². The summed E-state index contributed by atoms with van der Waals surface area (Å²) < 4.78 is 1.22. The number of rotatable bonds is 2. The highest BCUT2D eigenvalue weighted by molar-refractivity contribution is 6.32. The van der Waals surface area contributed by atoms with Crippen molar-refractivity contribution < 1.29 is 0 Å². The highest BCUT2D eigenvalue weighted by Crippen LogP contribution is 2.25. The quantitative estimate of drug-likeness (QED) is 0.866. The Morgan fingerprint density at radius 3 is 2.38 bits per heavy atom. The fourth-order valence-electron chi connectivity index (χ4n) is 2.25. The molecule has 4 nitrogen and oxygen atoms in total. The van der Waals surface area contributed by atoms with Crippen LogP contribution in [0.15, 0.2) is 33.9 Å². The summed E-state index contributed by atoms with van der Waals surface area (Å²) >= 11 is 6.12. The molecule has 1 heterocycles. The van der Waals surface area contributed by atoms with E-state index in [2.05, 4.69) is 4.98 Å². The highest BCUT2D eigenvalue weighted by atomic mass is 35.5. The number of nitrogens with zero attached hydrogens (tertiary/aromatic N) is 1. The number of nitrogens with one attached hydrogen (secondary N) is 1. The molecule has 0 aliphatic carbocycles. The van der Waals surface area contributed by atoms with Gasteiger partial charge in [-0.1, -0.05) is 56.6 Å². The van der Waals surface area contributed by atoms with Crippen LogP contribution in [0.3, 0.4) is 0 Å². The molecular weight excluding hydrogens is 288 g/mol. The van der Waals surface area contributed by atoms with Crippen LogP contribution in [-0.4, -0.2) is 9.55 Å². The molecule has 0 fully saturated rings. The minimum absolute atomic E-state index is 0.0875. The van der Waals surface area contributed by atoms with Crippen LogP contribution in [0.1, 0.15) is 26.3 Å². The van der Waals surface area contributed by atoms with E-state index in [1.54, 1.807) is 0 Å². The molecule has 5 heteroatoms. The van der Waals surface area contributed by atoms with Gasteiger partial charge >= 0.3 is 5.69 Å². The zero-order valence-corrected chi connectivity index (χ0v) is 13.4. The minimum Gasteiger partial charge on any atom is -0.297 e. The number of H-pyrrole nitrogens is 1. The van der Waals surface area contributed by atoms with E-state index in [1.165, 1.54) is 4.57 Å². The molecule has 0 bridgehead atoms. The van der Waals surface area contributed by atoms with Gasteiger partial charge in [0.05, 0.1) is 5.56 Å². The highest BCUT2D eigenvalue weighted by Gasteiger charge is 2.19. The summed E-state index contributed by atoms with van der Waals surface area (Å²) in [6.07, 6.45) is 0. The molecule has 1 N–H and O–H groups in total. The van der Waals surface area contributed by atoms with Crippen LogP contribution in [0.2, 0.25) is 5.15 Å². The molecule has 21 heavy (non-hydrogen) atoms. The maximum atomic E-state index is 12.7. The Morgan fingerprint density at radius 2 is 1.81 bits per heavy atom. The first-order chi connectivity index (χ1) is 9.70. The second kappa shape index (κ2) is 5.53. The minimum atomic E-state index is -0.475. The first kappa shape index (κ1) is 15.6. The fourth-order valence-corrected chi connectivity index (χ4v) is 2.51. The fraction of sp³-hybridized carbons (Fsp3) is 0.375. The second-order valence-electron chi connectivity index (χ2n) is 6.39. The summed E-state index contributed by atoms with van der Waals surface area (Å²) in [7, 11) is 0. The molecule has 0 saturated carbocycles. The van der Waals surface area contributed by atoms with E-state index in [1.807, 2.05) is 52.0 Å². The van der Waals surface area contributed by atoms with Crippen molar-refractivity contribution in [2.45, 2.75) is 34.2 Å². The van der Waals surface area contributed by atoms with E-state index in [9.17, 15) is 9.59 Å². The van der Waals surface area contributed by atoms with Crippen molar-refractivity contribution >= 4 is 11.6 Å². The Morgan fingerprint density at radius 1 is 1.19 bits per heavy atom. The molecule has 0 radical (unpaired) electrons. The topological polar surface area (TPSA) is 54.9 Å². The van der Waals surface area contributed by atoms with Crippen molar-refractivity contribution in [3.05, 3.63) is 55.8 Å². The monoisotopic (exact) mass is 306 g/mol. The molecular formula is C16H19ClN2O2. The van der Waals surface area contributed by atoms with E-state index in [4.69, 9.17) is 11.6 Å². The Balaban J connectivity index is 2.75. The van der Waals surface area contributed by atoms with Gasteiger partial charge in [-0.3, -0.25) is 14.3 Å². The van der Waals surface area contributed by atoms with Gasteiger partial charge in [0.1, 0.15) is 5.15 Å². The largest absolute Gasteiger partial charge is 0.329 e. The number of aromatic nitrogens is 2. The summed E-state index contributed by atoms with van der Waals surface area (Å²) in [5, 5.41) is 0.0875. The molecule has 112 valence electrons. The van der Waals surface area contributed by atoms with Gasteiger partial charge in [-0.2, -0.15) is 0 Å². The third-order valence-electron chi connectivity index (χ3n) is 3.19. The van der Waals surface area contributed by atoms with Crippen molar-refractivity contribution in [3.8, 4) is 11.1 Å². The standard InChI is InChI=1S/C16H19ClN2O2/c1-10-7-5-6-8-11(10)12-13(17)18-15(21)19(14(12)20)9-16(2,3)4/h5-8H,9H2,1-4H3,(H,18,21). The van der Waals surface area contributed by atoms with Crippen LogP contribution in [0.4, 0.5) is 0 Å². The van der Waals surface area contributed by atoms with Gasteiger partial charge in [0.2, 0.25) is 0 Å². The lowest BCUT2D eigenvalue weighted by Gasteiger charge is -2.20. The van der Waals surface area contributed by atoms with E-state index in [0.717, 1.165) is 11.1 Å². The van der Waals surface area contributed by atoms with E-state index in [0.29, 0.717) is 12.1 Å². The maximum Gasteiger partial charge on any atom is 0.329 e. The zero-order chi connectivity index (χ0) is 15.8. The van der Waals surface area contributed by atoms with Crippen LogP contribution >= 0.6 is 11.6 Å². The van der Waals surface area contributed by atoms with Gasteiger partial charge in [0.25, 0.3) is 5.56 Å².